The van der Waals surface area contributed by atoms with Crippen molar-refractivity contribution in [3.63, 3.8) is 0 Å². The van der Waals surface area contributed by atoms with E-state index in [1.807, 2.05) is 0 Å². The fraction of sp³-hybridized carbons (Fsp3) is 0.0556. The predicted molar refractivity (Wildman–Crippen MR) is 95.4 cm³/mol. The van der Waals surface area contributed by atoms with Gasteiger partial charge in [-0.3, -0.25) is 4.79 Å². The van der Waals surface area contributed by atoms with Gasteiger partial charge in [0.15, 0.2) is 10.8 Å². The SMILES string of the molecule is O=c1[nH]c(SCc2ccccc2F)nc2c1cnn2-c1ccc(F)cc1. The lowest BCUT2D eigenvalue weighted by molar-refractivity contribution is 0.617. The second-order valence-corrected chi connectivity index (χ2v) is 6.49. The largest absolute Gasteiger partial charge is 0.301 e. The molecule has 0 amide bonds. The Bertz CT molecular complexity index is 1140. The van der Waals surface area contributed by atoms with Crippen LogP contribution in [0.4, 0.5) is 8.78 Å². The molecule has 0 unspecified atom stereocenters. The van der Waals surface area contributed by atoms with E-state index in [2.05, 4.69) is 15.1 Å². The Balaban J connectivity index is 1.71. The van der Waals surface area contributed by atoms with E-state index in [9.17, 15) is 13.6 Å². The van der Waals surface area contributed by atoms with Crippen LogP contribution in [0.15, 0.2) is 64.7 Å². The summed E-state index contributed by atoms with van der Waals surface area (Å²) < 4.78 is 28.3. The third-order valence-corrected chi connectivity index (χ3v) is 4.73. The number of nitrogens with zero attached hydrogens (tertiary/aromatic N) is 3. The van der Waals surface area contributed by atoms with E-state index in [1.165, 1.54) is 40.8 Å². The maximum Gasteiger partial charge on any atom is 0.262 e. The average Bonchev–Trinajstić information content (AvgIpc) is 3.06. The molecule has 0 radical (unpaired) electrons. The van der Waals surface area contributed by atoms with Crippen LogP contribution in [0.2, 0.25) is 0 Å². The normalized spacial score (nSPS) is 11.2. The van der Waals surface area contributed by atoms with Crippen LogP contribution in [-0.2, 0) is 5.75 Å². The van der Waals surface area contributed by atoms with Gasteiger partial charge < -0.3 is 4.98 Å². The molecule has 4 aromatic rings. The monoisotopic (exact) mass is 370 g/mol. The first kappa shape index (κ1) is 16.5. The summed E-state index contributed by atoms with van der Waals surface area (Å²) >= 11 is 1.22. The maximum absolute atomic E-state index is 13.7. The van der Waals surface area contributed by atoms with E-state index in [1.54, 1.807) is 30.3 Å². The van der Waals surface area contributed by atoms with E-state index in [0.717, 1.165) is 0 Å². The second-order valence-electron chi connectivity index (χ2n) is 5.52. The molecule has 8 heteroatoms. The average molecular weight is 370 g/mol. The summed E-state index contributed by atoms with van der Waals surface area (Å²) in [5, 5.41) is 4.85. The van der Waals surface area contributed by atoms with Crippen LogP contribution < -0.4 is 5.56 Å². The zero-order valence-corrected chi connectivity index (χ0v) is 14.1. The number of hydrogen-bond acceptors (Lipinski definition) is 4. The molecule has 0 atom stereocenters. The zero-order valence-electron chi connectivity index (χ0n) is 13.3. The van der Waals surface area contributed by atoms with Gasteiger partial charge >= 0.3 is 0 Å². The van der Waals surface area contributed by atoms with E-state index < -0.39 is 0 Å². The molecule has 2 heterocycles. The molecular weight excluding hydrogens is 358 g/mol. The Morgan fingerprint density at radius 3 is 2.62 bits per heavy atom. The highest BCUT2D eigenvalue weighted by atomic mass is 32.2. The summed E-state index contributed by atoms with van der Waals surface area (Å²) in [5.41, 5.74) is 1.13. The van der Waals surface area contributed by atoms with Crippen LogP contribution in [0.3, 0.4) is 0 Å². The Kier molecular flexibility index (Phi) is 4.26. The van der Waals surface area contributed by atoms with Crippen LogP contribution >= 0.6 is 11.8 Å². The van der Waals surface area contributed by atoms with Crippen molar-refractivity contribution in [3.8, 4) is 5.69 Å². The number of benzene rings is 2. The van der Waals surface area contributed by atoms with Gasteiger partial charge in [-0.05, 0) is 35.9 Å². The molecule has 0 saturated heterocycles. The first-order valence-corrected chi connectivity index (χ1v) is 8.70. The van der Waals surface area contributed by atoms with Gasteiger partial charge in [0.2, 0.25) is 0 Å². The van der Waals surface area contributed by atoms with Crippen molar-refractivity contribution >= 4 is 22.8 Å². The van der Waals surface area contributed by atoms with Crippen LogP contribution in [0.25, 0.3) is 16.7 Å². The number of rotatable bonds is 4. The van der Waals surface area contributed by atoms with Crippen molar-refractivity contribution in [3.05, 3.63) is 82.3 Å². The first-order valence-electron chi connectivity index (χ1n) is 7.72. The first-order chi connectivity index (χ1) is 12.6. The molecule has 4 rings (SSSR count). The molecule has 0 spiro atoms. The maximum atomic E-state index is 13.7. The molecule has 26 heavy (non-hydrogen) atoms. The van der Waals surface area contributed by atoms with E-state index >= 15 is 0 Å². The van der Waals surface area contributed by atoms with Crippen molar-refractivity contribution in [2.45, 2.75) is 10.9 Å². The predicted octanol–water partition coefficient (Wildman–Crippen LogP) is 3.68. The molecule has 5 nitrogen and oxygen atoms in total. The molecule has 0 saturated carbocycles. The van der Waals surface area contributed by atoms with E-state index in [0.29, 0.717) is 33.2 Å². The molecule has 130 valence electrons. The number of aromatic nitrogens is 4. The molecule has 0 aliphatic heterocycles. The molecule has 0 aliphatic rings. The quantitative estimate of drug-likeness (QED) is 0.440. The topological polar surface area (TPSA) is 63.6 Å². The van der Waals surface area contributed by atoms with Crippen molar-refractivity contribution in [1.82, 2.24) is 19.7 Å². The summed E-state index contributed by atoms with van der Waals surface area (Å²) in [6.45, 7) is 0. The molecule has 0 bridgehead atoms. The second kappa shape index (κ2) is 6.72. The standard InChI is InChI=1S/C18H12F2N4OS/c19-12-5-7-13(8-6-12)24-16-14(9-21-24)17(25)23-18(22-16)26-10-11-3-1-2-4-15(11)20/h1-9H,10H2,(H,22,23,25). The number of halogens is 2. The number of fused-ring (bicyclic) bond motifs is 1. The Morgan fingerprint density at radius 1 is 1.08 bits per heavy atom. The van der Waals surface area contributed by atoms with Gasteiger partial charge in [0.1, 0.15) is 17.0 Å². The molecule has 2 aromatic carbocycles. The van der Waals surface area contributed by atoms with Gasteiger partial charge in [0.05, 0.1) is 11.9 Å². The number of nitrogens with one attached hydrogen (secondary N) is 1. The molecule has 1 N–H and O–H groups in total. The van der Waals surface area contributed by atoms with Crippen molar-refractivity contribution in [1.29, 1.82) is 0 Å². The van der Waals surface area contributed by atoms with Gasteiger partial charge in [0.25, 0.3) is 5.56 Å². The summed E-state index contributed by atoms with van der Waals surface area (Å²) in [4.78, 5) is 19.4. The van der Waals surface area contributed by atoms with Crippen LogP contribution in [0, 0.1) is 11.6 Å². The minimum absolute atomic E-state index is 0.306. The van der Waals surface area contributed by atoms with Crippen LogP contribution in [-0.4, -0.2) is 19.7 Å². The summed E-state index contributed by atoms with van der Waals surface area (Å²) in [6, 6.07) is 12.2. The smallest absolute Gasteiger partial charge is 0.262 e. The van der Waals surface area contributed by atoms with E-state index in [4.69, 9.17) is 0 Å². The van der Waals surface area contributed by atoms with Crippen molar-refractivity contribution in [2.24, 2.45) is 0 Å². The Morgan fingerprint density at radius 2 is 1.85 bits per heavy atom. The third kappa shape index (κ3) is 3.11. The van der Waals surface area contributed by atoms with Crippen LogP contribution in [0.5, 0.6) is 0 Å². The van der Waals surface area contributed by atoms with Crippen molar-refractivity contribution in [2.75, 3.05) is 0 Å². The number of hydrogen-bond donors (Lipinski definition) is 1. The highest BCUT2D eigenvalue weighted by Crippen LogP contribution is 2.22. The fourth-order valence-corrected chi connectivity index (χ4v) is 3.34. The minimum Gasteiger partial charge on any atom is -0.301 e. The lowest BCUT2D eigenvalue weighted by Crippen LogP contribution is -2.09. The van der Waals surface area contributed by atoms with Gasteiger partial charge in [-0.1, -0.05) is 30.0 Å². The minimum atomic E-state index is -0.364. The molecule has 2 aromatic heterocycles. The van der Waals surface area contributed by atoms with Crippen molar-refractivity contribution < 1.29 is 8.78 Å². The zero-order chi connectivity index (χ0) is 18.1. The number of H-pyrrole nitrogens is 1. The van der Waals surface area contributed by atoms with Crippen LogP contribution in [0.1, 0.15) is 5.56 Å². The molecule has 0 fully saturated rings. The summed E-state index contributed by atoms with van der Waals surface area (Å²) in [6.07, 6.45) is 1.41. The van der Waals surface area contributed by atoms with Gasteiger partial charge in [0, 0.05) is 5.75 Å². The van der Waals surface area contributed by atoms with E-state index in [-0.39, 0.29) is 17.2 Å². The summed E-state index contributed by atoms with van der Waals surface area (Å²) in [5.74, 6) is -0.344. The van der Waals surface area contributed by atoms with Gasteiger partial charge in [-0.15, -0.1) is 0 Å². The van der Waals surface area contributed by atoms with Gasteiger partial charge in [-0.25, -0.2) is 18.4 Å². The lowest BCUT2D eigenvalue weighted by atomic mass is 10.2. The molecular formula is C18H12F2N4OS. The lowest BCUT2D eigenvalue weighted by Gasteiger charge is -2.05. The number of thioether (sulfide) groups is 1. The highest BCUT2D eigenvalue weighted by Gasteiger charge is 2.12. The highest BCUT2D eigenvalue weighted by molar-refractivity contribution is 7.98. The number of aromatic amines is 1. The van der Waals surface area contributed by atoms with Gasteiger partial charge in [-0.2, -0.15) is 5.10 Å². The Hall–Kier alpha value is -3.00. The fourth-order valence-electron chi connectivity index (χ4n) is 2.50. The summed E-state index contributed by atoms with van der Waals surface area (Å²) in [7, 11) is 0. The third-order valence-electron chi connectivity index (χ3n) is 3.81. The molecule has 0 aliphatic carbocycles. The Labute approximate surface area is 150 Å².